The molecule has 17 heavy (non-hydrogen) atoms. The normalized spacial score (nSPS) is 17.8. The van der Waals surface area contributed by atoms with E-state index in [-0.39, 0.29) is 6.09 Å². The highest BCUT2D eigenvalue weighted by atomic mass is 16.6. The maximum Gasteiger partial charge on any atom is 0.414 e. The largest absolute Gasteiger partial charge is 0.449 e. The molecule has 1 fully saturated rings. The van der Waals surface area contributed by atoms with Gasteiger partial charge in [-0.25, -0.2) is 4.79 Å². The molecule has 0 radical (unpaired) electrons. The molecular formula is C14H15NO2. The summed E-state index contributed by atoms with van der Waals surface area (Å²) >= 11 is 0. The van der Waals surface area contributed by atoms with Crippen LogP contribution in [-0.4, -0.2) is 19.2 Å². The Kier molecular flexibility index (Phi) is 2.59. The number of carbonyl (C=O) groups is 1. The maximum absolute atomic E-state index is 12.0. The van der Waals surface area contributed by atoms with E-state index in [0.717, 1.165) is 11.3 Å². The molecule has 1 aliphatic heterocycles. The van der Waals surface area contributed by atoms with E-state index in [0.29, 0.717) is 19.1 Å². The van der Waals surface area contributed by atoms with Gasteiger partial charge in [0.25, 0.3) is 0 Å². The molecule has 0 atom stereocenters. The zero-order valence-corrected chi connectivity index (χ0v) is 9.63. The zero-order chi connectivity index (χ0) is 11.7. The summed E-state index contributed by atoms with van der Waals surface area (Å²) in [5.74, 6) is 0.606. The zero-order valence-electron chi connectivity index (χ0n) is 9.63. The Bertz CT molecular complexity index is 463. The van der Waals surface area contributed by atoms with Crippen LogP contribution in [0.1, 0.15) is 18.4 Å². The number of nitrogens with zero attached hydrogens (tertiary/aromatic N) is 1. The smallest absolute Gasteiger partial charge is 0.414 e. The minimum absolute atomic E-state index is 0.228. The molecular weight excluding hydrogens is 214 g/mol. The summed E-state index contributed by atoms with van der Waals surface area (Å²) in [4.78, 5) is 13.7. The molecule has 1 heterocycles. The fraction of sp³-hybridized carbons (Fsp3) is 0.357. The second-order valence-electron chi connectivity index (χ2n) is 4.59. The van der Waals surface area contributed by atoms with E-state index in [1.54, 1.807) is 4.90 Å². The molecule has 0 saturated heterocycles. The summed E-state index contributed by atoms with van der Waals surface area (Å²) in [6.45, 7) is 1.17. The molecule has 2 aliphatic rings. The highest BCUT2D eigenvalue weighted by Crippen LogP contribution is 2.30. The second kappa shape index (κ2) is 4.24. The molecule has 1 saturated carbocycles. The summed E-state index contributed by atoms with van der Waals surface area (Å²) in [6, 6.07) is 7.88. The van der Waals surface area contributed by atoms with E-state index in [1.165, 1.54) is 12.8 Å². The lowest BCUT2D eigenvalue weighted by atomic mass is 10.1. The lowest BCUT2D eigenvalue weighted by Crippen LogP contribution is -2.33. The molecule has 1 aromatic rings. The quantitative estimate of drug-likeness (QED) is 0.780. The van der Waals surface area contributed by atoms with E-state index >= 15 is 0 Å². The topological polar surface area (TPSA) is 29.5 Å². The molecule has 3 heteroatoms. The first kappa shape index (κ1) is 10.4. The standard InChI is InChI=1S/C14H15NO2/c16-14(17-10-11-7-8-11)15-9-3-5-12-4-1-2-6-13(12)15/h1-6,11H,7-10H2. The first-order valence-electron chi connectivity index (χ1n) is 6.04. The number of hydrogen-bond acceptors (Lipinski definition) is 2. The molecule has 88 valence electrons. The Morgan fingerprint density at radius 2 is 2.18 bits per heavy atom. The summed E-state index contributed by atoms with van der Waals surface area (Å²) in [6.07, 6.45) is 6.20. The first-order chi connectivity index (χ1) is 8.34. The molecule has 1 amide bonds. The van der Waals surface area contributed by atoms with Crippen molar-refractivity contribution in [3.63, 3.8) is 0 Å². The lowest BCUT2D eigenvalue weighted by molar-refractivity contribution is 0.149. The van der Waals surface area contributed by atoms with E-state index in [1.807, 2.05) is 36.4 Å². The highest BCUT2D eigenvalue weighted by molar-refractivity contribution is 5.92. The molecule has 0 unspecified atom stereocenters. The highest BCUT2D eigenvalue weighted by Gasteiger charge is 2.26. The molecule has 1 aromatic carbocycles. The monoisotopic (exact) mass is 229 g/mol. The van der Waals surface area contributed by atoms with Crippen LogP contribution in [0.4, 0.5) is 10.5 Å². The van der Waals surface area contributed by atoms with Crippen molar-refractivity contribution in [3.8, 4) is 0 Å². The predicted molar refractivity (Wildman–Crippen MR) is 66.9 cm³/mol. The van der Waals surface area contributed by atoms with Crippen molar-refractivity contribution in [2.24, 2.45) is 5.92 Å². The van der Waals surface area contributed by atoms with E-state index in [4.69, 9.17) is 4.74 Å². The number of hydrogen-bond donors (Lipinski definition) is 0. The van der Waals surface area contributed by atoms with Gasteiger partial charge in [-0.1, -0.05) is 30.4 Å². The fourth-order valence-electron chi connectivity index (χ4n) is 1.98. The fourth-order valence-corrected chi connectivity index (χ4v) is 1.98. The maximum atomic E-state index is 12.0. The molecule has 3 nitrogen and oxygen atoms in total. The van der Waals surface area contributed by atoms with Gasteiger partial charge in [0.1, 0.15) is 0 Å². The van der Waals surface area contributed by atoms with E-state index in [2.05, 4.69) is 0 Å². The van der Waals surface area contributed by atoms with Crippen molar-refractivity contribution in [3.05, 3.63) is 35.9 Å². The van der Waals surface area contributed by atoms with Crippen LogP contribution in [0.3, 0.4) is 0 Å². The van der Waals surface area contributed by atoms with E-state index < -0.39 is 0 Å². The van der Waals surface area contributed by atoms with Gasteiger partial charge in [0.2, 0.25) is 0 Å². The summed E-state index contributed by atoms with van der Waals surface area (Å²) in [5.41, 5.74) is 2.01. The SMILES string of the molecule is O=C(OCC1CC1)N1CC=Cc2ccccc21. The molecule has 0 bridgehead atoms. The average Bonchev–Trinajstić information content (AvgIpc) is 3.19. The van der Waals surface area contributed by atoms with Crippen LogP contribution in [0.25, 0.3) is 6.08 Å². The number of para-hydroxylation sites is 1. The van der Waals surface area contributed by atoms with Crippen LogP contribution in [0, 0.1) is 5.92 Å². The summed E-state index contributed by atoms with van der Waals surface area (Å²) < 4.78 is 5.32. The summed E-state index contributed by atoms with van der Waals surface area (Å²) in [5, 5.41) is 0. The Balaban J connectivity index is 1.74. The molecule has 0 N–H and O–H groups in total. The number of carbonyl (C=O) groups excluding carboxylic acids is 1. The molecule has 1 aliphatic carbocycles. The number of benzene rings is 1. The van der Waals surface area contributed by atoms with Crippen LogP contribution < -0.4 is 4.90 Å². The minimum atomic E-state index is -0.228. The van der Waals surface area contributed by atoms with Crippen LogP contribution in [0.5, 0.6) is 0 Å². The van der Waals surface area contributed by atoms with Gasteiger partial charge >= 0.3 is 6.09 Å². The summed E-state index contributed by atoms with van der Waals surface area (Å²) in [7, 11) is 0. The van der Waals surface area contributed by atoms with E-state index in [9.17, 15) is 4.79 Å². The van der Waals surface area contributed by atoms with Crippen molar-refractivity contribution < 1.29 is 9.53 Å². The Morgan fingerprint density at radius 1 is 1.35 bits per heavy atom. The van der Waals surface area contributed by atoms with Gasteiger partial charge in [-0.2, -0.15) is 0 Å². The minimum Gasteiger partial charge on any atom is -0.449 e. The Hall–Kier alpha value is -1.77. The van der Waals surface area contributed by atoms with Gasteiger partial charge in [-0.15, -0.1) is 0 Å². The number of fused-ring (bicyclic) bond motifs is 1. The van der Waals surface area contributed by atoms with Crippen LogP contribution in [0.2, 0.25) is 0 Å². The van der Waals surface area contributed by atoms with Gasteiger partial charge in [-0.3, -0.25) is 4.90 Å². The van der Waals surface area contributed by atoms with Crippen LogP contribution >= 0.6 is 0 Å². The lowest BCUT2D eigenvalue weighted by Gasteiger charge is -2.25. The van der Waals surface area contributed by atoms with Crippen LogP contribution in [0.15, 0.2) is 30.3 Å². The third-order valence-electron chi connectivity index (χ3n) is 3.17. The van der Waals surface area contributed by atoms with Gasteiger partial charge < -0.3 is 4.74 Å². The van der Waals surface area contributed by atoms with Gasteiger partial charge in [0.05, 0.1) is 12.3 Å². The van der Waals surface area contributed by atoms with Crippen molar-refractivity contribution in [1.82, 2.24) is 0 Å². The Morgan fingerprint density at radius 3 is 3.00 bits per heavy atom. The molecule has 0 aromatic heterocycles. The third kappa shape index (κ3) is 2.18. The third-order valence-corrected chi connectivity index (χ3v) is 3.17. The Labute approximate surface area is 101 Å². The predicted octanol–water partition coefficient (Wildman–Crippen LogP) is 3.07. The number of anilines is 1. The van der Waals surface area contributed by atoms with Crippen molar-refractivity contribution in [2.75, 3.05) is 18.1 Å². The second-order valence-corrected chi connectivity index (χ2v) is 4.59. The number of ether oxygens (including phenoxy) is 1. The van der Waals surface area contributed by atoms with Crippen molar-refractivity contribution in [1.29, 1.82) is 0 Å². The number of rotatable bonds is 2. The first-order valence-corrected chi connectivity index (χ1v) is 6.04. The van der Waals surface area contributed by atoms with Gasteiger partial charge in [0.15, 0.2) is 0 Å². The van der Waals surface area contributed by atoms with Crippen molar-refractivity contribution >= 4 is 17.9 Å². The van der Waals surface area contributed by atoms with Crippen LogP contribution in [-0.2, 0) is 4.74 Å². The van der Waals surface area contributed by atoms with Gasteiger partial charge in [0, 0.05) is 6.54 Å². The van der Waals surface area contributed by atoms with Gasteiger partial charge in [-0.05, 0) is 30.4 Å². The average molecular weight is 229 g/mol. The molecule has 3 rings (SSSR count). The van der Waals surface area contributed by atoms with Crippen molar-refractivity contribution in [2.45, 2.75) is 12.8 Å². The molecule has 0 spiro atoms. The number of amides is 1.